The molecule has 2 heterocycles. The molecule has 6 nitrogen and oxygen atoms in total. The molecule has 1 fully saturated rings. The van der Waals surface area contributed by atoms with Gasteiger partial charge in [-0.15, -0.1) is 11.7 Å². The first-order chi connectivity index (χ1) is 10.7. The number of likely N-dealkylation sites (tertiary alicyclic amines) is 1. The molecule has 6 heteroatoms. The maximum absolute atomic E-state index is 12.4. The summed E-state index contributed by atoms with van der Waals surface area (Å²) < 4.78 is 0. The summed E-state index contributed by atoms with van der Waals surface area (Å²) in [5, 5.41) is 13.6. The van der Waals surface area contributed by atoms with Crippen LogP contribution in [0.1, 0.15) is 28.8 Å². The van der Waals surface area contributed by atoms with Crippen LogP contribution in [0.2, 0.25) is 0 Å². The lowest BCUT2D eigenvalue weighted by Crippen LogP contribution is -2.40. The van der Waals surface area contributed by atoms with E-state index in [1.54, 1.807) is 6.07 Å². The Labute approximate surface area is 129 Å². The van der Waals surface area contributed by atoms with Gasteiger partial charge in [0.1, 0.15) is 5.52 Å². The summed E-state index contributed by atoms with van der Waals surface area (Å²) in [7, 11) is 0. The molecule has 1 aromatic carbocycles. The first-order valence-corrected chi connectivity index (χ1v) is 7.63. The minimum atomic E-state index is -0.0483. The van der Waals surface area contributed by atoms with E-state index in [0.717, 1.165) is 30.6 Å². The fourth-order valence-corrected chi connectivity index (χ4v) is 3.08. The normalized spacial score (nSPS) is 18.7. The van der Waals surface area contributed by atoms with Gasteiger partial charge in [-0.2, -0.15) is 0 Å². The molecule has 3 rings (SSSR count). The smallest absolute Gasteiger partial charge is 0.251 e. The first kappa shape index (κ1) is 14.7. The van der Waals surface area contributed by atoms with Gasteiger partial charge in [0.2, 0.25) is 0 Å². The van der Waals surface area contributed by atoms with Crippen LogP contribution in [0.5, 0.6) is 0 Å². The van der Waals surface area contributed by atoms with Crippen LogP contribution in [0.15, 0.2) is 24.8 Å². The molecule has 0 saturated carbocycles. The number of hydrogen-bond acceptors (Lipinski definition) is 4. The third-order valence-corrected chi connectivity index (χ3v) is 4.28. The van der Waals surface area contributed by atoms with Gasteiger partial charge >= 0.3 is 0 Å². The van der Waals surface area contributed by atoms with Gasteiger partial charge in [-0.1, -0.05) is 11.3 Å². The van der Waals surface area contributed by atoms with Crippen molar-refractivity contribution in [2.45, 2.75) is 25.8 Å². The highest BCUT2D eigenvalue weighted by molar-refractivity contribution is 5.98. The van der Waals surface area contributed by atoms with E-state index in [9.17, 15) is 4.79 Å². The van der Waals surface area contributed by atoms with Crippen LogP contribution in [-0.4, -0.2) is 51.9 Å². The third kappa shape index (κ3) is 2.87. The van der Waals surface area contributed by atoms with Crippen molar-refractivity contribution >= 4 is 16.9 Å². The molecule has 1 amide bonds. The van der Waals surface area contributed by atoms with Crippen molar-refractivity contribution in [2.75, 3.05) is 19.6 Å². The molecule has 1 aliphatic heterocycles. The molecule has 1 atom stereocenters. The number of nitrogens with zero attached hydrogens (tertiary/aromatic N) is 3. The predicted molar refractivity (Wildman–Crippen MR) is 85.8 cm³/mol. The number of carbonyl (C=O) groups excluding carboxylic acids is 1. The molecule has 0 spiro atoms. The number of nitrogens with one attached hydrogen (secondary N) is 2. The topological polar surface area (TPSA) is 73.9 Å². The quantitative estimate of drug-likeness (QED) is 0.823. The van der Waals surface area contributed by atoms with Crippen LogP contribution in [0.25, 0.3) is 11.0 Å². The Morgan fingerprint density at radius 1 is 1.59 bits per heavy atom. The van der Waals surface area contributed by atoms with Crippen LogP contribution in [0.4, 0.5) is 0 Å². The average Bonchev–Trinajstić information content (AvgIpc) is 3.13. The Bertz CT molecular complexity index is 693. The number of hydrogen-bond donors (Lipinski definition) is 2. The first-order valence-electron chi connectivity index (χ1n) is 7.63. The zero-order valence-electron chi connectivity index (χ0n) is 12.8. The number of rotatable bonds is 5. The summed E-state index contributed by atoms with van der Waals surface area (Å²) in [4.78, 5) is 14.8. The van der Waals surface area contributed by atoms with E-state index < -0.39 is 0 Å². The second-order valence-electron chi connectivity index (χ2n) is 5.79. The monoisotopic (exact) mass is 299 g/mol. The molecule has 1 saturated heterocycles. The zero-order valence-corrected chi connectivity index (χ0v) is 12.8. The Kier molecular flexibility index (Phi) is 4.20. The van der Waals surface area contributed by atoms with Crippen molar-refractivity contribution < 1.29 is 4.79 Å². The molecule has 0 radical (unpaired) electrons. The largest absolute Gasteiger partial charge is 0.350 e. The number of carbonyl (C=O) groups is 1. The van der Waals surface area contributed by atoms with Gasteiger partial charge in [0.25, 0.3) is 5.91 Å². The van der Waals surface area contributed by atoms with E-state index >= 15 is 0 Å². The number of aromatic nitrogens is 3. The minimum absolute atomic E-state index is 0.0483. The van der Waals surface area contributed by atoms with Crippen LogP contribution >= 0.6 is 0 Å². The third-order valence-electron chi connectivity index (χ3n) is 4.28. The molecule has 1 aromatic heterocycles. The molecular formula is C16H21N5O. The lowest BCUT2D eigenvalue weighted by molar-refractivity contribution is 0.0941. The summed E-state index contributed by atoms with van der Waals surface area (Å²) in [6, 6.07) is 4.10. The Balaban J connectivity index is 1.68. The standard InChI is InChI=1S/C16H21N5O/c1-3-6-21-7-4-5-12(21)10-17-16(22)13-9-15-14(8-11(13)2)18-20-19-15/h3,8-9,12H,1,4-7,10H2,2H3,(H,17,22)(H,18,19,20). The van der Waals surface area contributed by atoms with Gasteiger partial charge < -0.3 is 5.32 Å². The van der Waals surface area contributed by atoms with Gasteiger partial charge in [0.15, 0.2) is 0 Å². The van der Waals surface area contributed by atoms with Gasteiger partial charge in [-0.25, -0.2) is 0 Å². The van der Waals surface area contributed by atoms with Crippen molar-refractivity contribution in [1.82, 2.24) is 25.6 Å². The maximum Gasteiger partial charge on any atom is 0.251 e. The van der Waals surface area contributed by atoms with E-state index in [4.69, 9.17) is 0 Å². The van der Waals surface area contributed by atoms with E-state index in [0.29, 0.717) is 23.7 Å². The number of aromatic amines is 1. The Morgan fingerprint density at radius 3 is 3.27 bits per heavy atom. The highest BCUT2D eigenvalue weighted by atomic mass is 16.1. The summed E-state index contributed by atoms with van der Waals surface area (Å²) in [6.07, 6.45) is 4.22. The summed E-state index contributed by atoms with van der Waals surface area (Å²) in [5.74, 6) is -0.0483. The lowest BCUT2D eigenvalue weighted by atomic mass is 10.1. The van der Waals surface area contributed by atoms with Crippen molar-refractivity contribution in [3.8, 4) is 0 Å². The maximum atomic E-state index is 12.4. The minimum Gasteiger partial charge on any atom is -0.350 e. The van der Waals surface area contributed by atoms with Crippen LogP contribution in [0.3, 0.4) is 0 Å². The fourth-order valence-electron chi connectivity index (χ4n) is 3.08. The molecular weight excluding hydrogens is 278 g/mol. The van der Waals surface area contributed by atoms with Crippen molar-refractivity contribution in [3.05, 3.63) is 35.9 Å². The summed E-state index contributed by atoms with van der Waals surface area (Å²) in [5.41, 5.74) is 3.15. The molecule has 0 bridgehead atoms. The molecule has 116 valence electrons. The summed E-state index contributed by atoms with van der Waals surface area (Å²) >= 11 is 0. The molecule has 1 aliphatic rings. The molecule has 22 heavy (non-hydrogen) atoms. The number of aryl methyl sites for hydroxylation is 1. The Morgan fingerprint density at radius 2 is 2.45 bits per heavy atom. The SMILES string of the molecule is C=CCN1CCCC1CNC(=O)c1cc2nn[nH]c2cc1C. The van der Waals surface area contributed by atoms with Crippen molar-refractivity contribution in [1.29, 1.82) is 0 Å². The molecule has 2 aromatic rings. The van der Waals surface area contributed by atoms with Gasteiger partial charge in [0.05, 0.1) is 5.52 Å². The number of fused-ring (bicyclic) bond motifs is 1. The second kappa shape index (κ2) is 6.27. The van der Waals surface area contributed by atoms with Crippen molar-refractivity contribution in [2.24, 2.45) is 0 Å². The van der Waals surface area contributed by atoms with E-state index in [1.807, 2.05) is 19.1 Å². The fraction of sp³-hybridized carbons (Fsp3) is 0.438. The second-order valence-corrected chi connectivity index (χ2v) is 5.79. The zero-order chi connectivity index (χ0) is 15.5. The van der Waals surface area contributed by atoms with E-state index in [2.05, 4.69) is 32.2 Å². The van der Waals surface area contributed by atoms with Gasteiger partial charge in [-0.05, 0) is 44.0 Å². The highest BCUT2D eigenvalue weighted by Crippen LogP contribution is 2.18. The van der Waals surface area contributed by atoms with Crippen LogP contribution < -0.4 is 5.32 Å². The predicted octanol–water partition coefficient (Wildman–Crippen LogP) is 1.65. The molecule has 1 unspecified atom stereocenters. The van der Waals surface area contributed by atoms with E-state index in [-0.39, 0.29) is 5.91 Å². The average molecular weight is 299 g/mol. The number of H-pyrrole nitrogens is 1. The Hall–Kier alpha value is -2.21. The van der Waals surface area contributed by atoms with Crippen molar-refractivity contribution in [3.63, 3.8) is 0 Å². The highest BCUT2D eigenvalue weighted by Gasteiger charge is 2.24. The van der Waals surface area contributed by atoms with Crippen LogP contribution in [0, 0.1) is 6.92 Å². The molecule has 0 aliphatic carbocycles. The van der Waals surface area contributed by atoms with Gasteiger partial charge in [-0.3, -0.25) is 14.8 Å². The molecule has 2 N–H and O–H groups in total. The lowest BCUT2D eigenvalue weighted by Gasteiger charge is -2.23. The number of amides is 1. The van der Waals surface area contributed by atoms with Crippen LogP contribution in [-0.2, 0) is 0 Å². The number of benzene rings is 1. The van der Waals surface area contributed by atoms with E-state index in [1.165, 1.54) is 6.42 Å². The van der Waals surface area contributed by atoms with Gasteiger partial charge in [0, 0.05) is 24.7 Å². The summed E-state index contributed by atoms with van der Waals surface area (Å²) in [6.45, 7) is 8.35.